The predicted molar refractivity (Wildman–Crippen MR) is 209 cm³/mol. The number of unbranched alkanes of at least 4 members (excludes halogenated alkanes) is 2. The van der Waals surface area contributed by atoms with Gasteiger partial charge in [0.2, 0.25) is 5.91 Å². The van der Waals surface area contributed by atoms with E-state index in [1.165, 1.54) is 7.11 Å². The van der Waals surface area contributed by atoms with Crippen molar-refractivity contribution in [3.8, 4) is 11.5 Å². The first-order valence-corrected chi connectivity index (χ1v) is 17.1. The number of aliphatic hydroxyl groups excluding tert-OH is 1. The number of benzene rings is 3. The van der Waals surface area contributed by atoms with E-state index < -0.39 is 6.29 Å². The van der Waals surface area contributed by atoms with Gasteiger partial charge in [-0.3, -0.25) is 9.59 Å². The lowest BCUT2D eigenvalue weighted by Crippen LogP contribution is -2.29. The van der Waals surface area contributed by atoms with Gasteiger partial charge in [0.15, 0.2) is 6.29 Å². The molecule has 0 spiro atoms. The maximum atomic E-state index is 13.2. The quantitative estimate of drug-likeness (QED) is 0.0483. The lowest BCUT2D eigenvalue weighted by atomic mass is 9.80. The molecule has 5 N–H and O–H groups in total. The number of ether oxygens (including phenoxy) is 2. The van der Waals surface area contributed by atoms with Crippen LogP contribution in [0.25, 0.3) is 0 Å². The SMILES string of the molecule is C/C=C(S)\C=C/C(C)C(=O)NCCCCCNC(=O)c1ccc(C2c3ccc(N(C)C)cc3Oc3cc(N(C)C)ccc32)c(C(O)OC)c1.O.[HH].[HH]. The number of hydrogen-bond donors (Lipinski definition) is 4. The zero-order valence-corrected chi connectivity index (χ0v) is 31.0. The Balaban J connectivity index is 0.00000451. The van der Waals surface area contributed by atoms with Gasteiger partial charge < -0.3 is 40.5 Å². The van der Waals surface area contributed by atoms with Crippen LogP contribution >= 0.6 is 12.6 Å². The number of fused-ring (bicyclic) bond motifs is 2. The first-order valence-electron chi connectivity index (χ1n) is 16.7. The van der Waals surface area contributed by atoms with Gasteiger partial charge in [-0.05, 0) is 60.9 Å². The lowest BCUT2D eigenvalue weighted by Gasteiger charge is -2.32. The number of aliphatic hydroxyl groups is 1. The third-order valence-electron chi connectivity index (χ3n) is 8.72. The number of hydrogen-bond acceptors (Lipinski definition) is 8. The molecule has 1 aliphatic rings. The minimum atomic E-state index is -1.24. The summed E-state index contributed by atoms with van der Waals surface area (Å²) < 4.78 is 11.9. The van der Waals surface area contributed by atoms with Crippen LogP contribution in [0.2, 0.25) is 0 Å². The van der Waals surface area contributed by atoms with Crippen LogP contribution in [0.5, 0.6) is 11.5 Å². The van der Waals surface area contributed by atoms with E-state index in [4.69, 9.17) is 9.47 Å². The smallest absolute Gasteiger partial charge is 0.251 e. The van der Waals surface area contributed by atoms with E-state index in [-0.39, 0.29) is 32.0 Å². The average Bonchev–Trinajstić information content (AvgIpc) is 3.10. The summed E-state index contributed by atoms with van der Waals surface area (Å²) >= 11 is 4.30. The number of nitrogens with one attached hydrogen (secondary N) is 2. The van der Waals surface area contributed by atoms with Gasteiger partial charge in [0, 0.05) is 103 Å². The van der Waals surface area contributed by atoms with E-state index in [1.807, 2.05) is 88.3 Å². The fourth-order valence-corrected chi connectivity index (χ4v) is 5.81. The minimum Gasteiger partial charge on any atom is -0.457 e. The Morgan fingerprint density at radius 1 is 0.920 bits per heavy atom. The van der Waals surface area contributed by atoms with E-state index in [0.717, 1.165) is 63.7 Å². The normalized spacial score (nSPS) is 13.7. The standard InChI is InChI=1S/C39H50N4O5S.H2O.2H2/c1-8-29(49)16-12-25(2)37(44)40-20-10-9-11-21-41-38(45)26-13-17-30(33(22-26)39(46)47-7)36-31-18-14-27(42(3)4)23-34(31)48-35-24-28(43(5)6)15-19-32(35)36;;;/h8,12-19,22-25,36,39,46,49H,9-11,20-21H2,1-7H3,(H,40,44)(H,41,45);1H2;2*1H/b16-12-,29-8+;;;. The molecule has 274 valence electrons. The second kappa shape index (κ2) is 18.6. The summed E-state index contributed by atoms with van der Waals surface area (Å²) in [6, 6.07) is 17.7. The van der Waals surface area contributed by atoms with E-state index in [1.54, 1.807) is 12.1 Å². The minimum absolute atomic E-state index is 0. The van der Waals surface area contributed by atoms with Gasteiger partial charge in [0.05, 0.1) is 5.92 Å². The van der Waals surface area contributed by atoms with Crippen molar-refractivity contribution in [1.29, 1.82) is 0 Å². The molecule has 1 heterocycles. The fourth-order valence-electron chi connectivity index (χ4n) is 5.73. The molecule has 4 rings (SSSR count). The Bertz CT molecular complexity index is 1640. The first kappa shape index (κ1) is 40.1. The van der Waals surface area contributed by atoms with Crippen LogP contribution < -0.4 is 25.2 Å². The number of carbonyl (C=O) groups is 2. The van der Waals surface area contributed by atoms with Crippen LogP contribution in [0.15, 0.2) is 77.7 Å². The molecule has 0 saturated carbocycles. The lowest BCUT2D eigenvalue weighted by molar-refractivity contribution is -0.123. The van der Waals surface area contributed by atoms with Crippen molar-refractivity contribution in [3.05, 3.63) is 106 Å². The molecule has 3 aromatic carbocycles. The largest absolute Gasteiger partial charge is 0.457 e. The van der Waals surface area contributed by atoms with Gasteiger partial charge in [0.25, 0.3) is 5.91 Å². The van der Waals surface area contributed by atoms with Gasteiger partial charge in [-0.15, -0.1) is 12.6 Å². The Morgan fingerprint density at radius 2 is 1.48 bits per heavy atom. The fraction of sp³-hybridized carbons (Fsp3) is 0.385. The van der Waals surface area contributed by atoms with E-state index in [2.05, 4.69) is 47.5 Å². The second-order valence-electron chi connectivity index (χ2n) is 12.7. The molecule has 0 aliphatic carbocycles. The van der Waals surface area contributed by atoms with Crippen LogP contribution in [0, 0.1) is 5.92 Å². The monoisotopic (exact) mass is 708 g/mol. The summed E-state index contributed by atoms with van der Waals surface area (Å²) in [5.41, 5.74) is 5.71. The van der Waals surface area contributed by atoms with E-state index >= 15 is 0 Å². The van der Waals surface area contributed by atoms with Crippen molar-refractivity contribution in [2.75, 3.05) is 58.2 Å². The topological polar surface area (TPSA) is 135 Å². The van der Waals surface area contributed by atoms with E-state index in [9.17, 15) is 14.7 Å². The molecule has 0 bridgehead atoms. The number of rotatable bonds is 15. The Labute approximate surface area is 304 Å². The molecule has 2 atom stereocenters. The van der Waals surface area contributed by atoms with Crippen LogP contribution in [-0.4, -0.2) is 70.8 Å². The molecule has 2 unspecified atom stereocenters. The highest BCUT2D eigenvalue weighted by atomic mass is 32.1. The van der Waals surface area contributed by atoms with Crippen LogP contribution in [-0.2, 0) is 9.53 Å². The number of anilines is 2. The molecular weight excluding hydrogens is 653 g/mol. The van der Waals surface area contributed by atoms with Crippen LogP contribution in [0.3, 0.4) is 0 Å². The molecule has 3 aromatic rings. The maximum absolute atomic E-state index is 13.2. The summed E-state index contributed by atoms with van der Waals surface area (Å²) in [5, 5.41) is 17.0. The Morgan fingerprint density at radius 3 is 2.02 bits per heavy atom. The highest BCUT2D eigenvalue weighted by Gasteiger charge is 2.32. The third kappa shape index (κ3) is 9.91. The molecule has 50 heavy (non-hydrogen) atoms. The van der Waals surface area contributed by atoms with Crippen molar-refractivity contribution in [2.45, 2.75) is 45.3 Å². The number of amides is 2. The molecule has 10 nitrogen and oxygen atoms in total. The van der Waals surface area contributed by atoms with Crippen molar-refractivity contribution in [2.24, 2.45) is 5.92 Å². The van der Waals surface area contributed by atoms with Crippen LogP contribution in [0.1, 0.15) is 80.8 Å². The van der Waals surface area contributed by atoms with Crippen molar-refractivity contribution >= 4 is 35.8 Å². The highest BCUT2D eigenvalue weighted by molar-refractivity contribution is 7.84. The van der Waals surface area contributed by atoms with Crippen molar-refractivity contribution in [1.82, 2.24) is 10.6 Å². The van der Waals surface area contributed by atoms with Gasteiger partial charge >= 0.3 is 0 Å². The summed E-state index contributed by atoms with van der Waals surface area (Å²) in [6.07, 6.45) is 6.72. The molecule has 11 heteroatoms. The molecule has 0 fully saturated rings. The van der Waals surface area contributed by atoms with Crippen LogP contribution in [0.4, 0.5) is 11.4 Å². The third-order valence-corrected chi connectivity index (χ3v) is 9.13. The van der Waals surface area contributed by atoms with Crippen molar-refractivity contribution in [3.63, 3.8) is 0 Å². The molecule has 1 aliphatic heterocycles. The summed E-state index contributed by atoms with van der Waals surface area (Å²) in [6.45, 7) is 4.82. The summed E-state index contributed by atoms with van der Waals surface area (Å²) in [5.74, 6) is 0.717. The number of carbonyl (C=O) groups excluding carboxylic acids is 2. The Kier molecular flexibility index (Phi) is 15.0. The number of thiol groups is 1. The van der Waals surface area contributed by atoms with Crippen molar-refractivity contribution < 1.29 is 32.5 Å². The summed E-state index contributed by atoms with van der Waals surface area (Å²) in [7, 11) is 9.40. The maximum Gasteiger partial charge on any atom is 0.251 e. The first-order chi connectivity index (χ1) is 23.4. The molecule has 0 saturated heterocycles. The highest BCUT2D eigenvalue weighted by Crippen LogP contribution is 2.50. The molecular formula is C39H56N4O6S. The predicted octanol–water partition coefficient (Wildman–Crippen LogP) is 6.45. The van der Waals surface area contributed by atoms with Gasteiger partial charge in [-0.25, -0.2) is 0 Å². The van der Waals surface area contributed by atoms with Gasteiger partial charge in [0.1, 0.15) is 11.5 Å². The van der Waals surface area contributed by atoms with E-state index in [0.29, 0.717) is 24.2 Å². The van der Waals surface area contributed by atoms with Gasteiger partial charge in [-0.1, -0.05) is 43.4 Å². The number of allylic oxidation sites excluding steroid dienone is 2. The summed E-state index contributed by atoms with van der Waals surface area (Å²) in [4.78, 5) is 30.4. The average molecular weight is 709 g/mol. The zero-order chi connectivity index (χ0) is 35.7. The molecule has 0 aromatic heterocycles. The zero-order valence-electron chi connectivity index (χ0n) is 30.1. The number of nitrogens with zero attached hydrogens (tertiary/aromatic N) is 2. The number of methoxy groups -OCH3 is 1. The second-order valence-corrected chi connectivity index (χ2v) is 13.2. The molecule has 2 amide bonds. The van der Waals surface area contributed by atoms with Gasteiger partial charge in [-0.2, -0.15) is 0 Å². The Hall–Kier alpha value is -4.29. The molecule has 0 radical (unpaired) electrons.